The van der Waals surface area contributed by atoms with Gasteiger partial charge < -0.3 is 23.7 Å². The first-order valence-corrected chi connectivity index (χ1v) is 9.98. The van der Waals surface area contributed by atoms with Gasteiger partial charge in [0.1, 0.15) is 0 Å². The summed E-state index contributed by atoms with van der Waals surface area (Å²) in [5, 5.41) is 0. The minimum Gasteiger partial charge on any atom is -0.492 e. The van der Waals surface area contributed by atoms with Crippen molar-refractivity contribution >= 4 is 5.97 Å². The van der Waals surface area contributed by atoms with Gasteiger partial charge in [0.25, 0.3) is 0 Å². The molecule has 0 aliphatic rings. The predicted molar refractivity (Wildman–Crippen MR) is 121 cm³/mol. The fraction of sp³-hybridized carbons (Fsp3) is 0.280. The summed E-state index contributed by atoms with van der Waals surface area (Å²) in [4.78, 5) is 16.7. The highest BCUT2D eigenvalue weighted by molar-refractivity contribution is 5.97. The maximum Gasteiger partial charge on any atom is 0.338 e. The van der Waals surface area contributed by atoms with Crippen LogP contribution in [0, 0.1) is 6.92 Å². The van der Waals surface area contributed by atoms with E-state index in [-0.39, 0.29) is 0 Å². The molecule has 0 N–H and O–H groups in total. The van der Waals surface area contributed by atoms with Crippen molar-refractivity contribution in [3.05, 3.63) is 65.0 Å². The molecule has 0 amide bonds. The lowest BCUT2D eigenvalue weighted by Gasteiger charge is -2.22. The van der Waals surface area contributed by atoms with E-state index < -0.39 is 5.97 Å². The third kappa shape index (κ3) is 4.06. The molecular formula is C25H27NO6. The van der Waals surface area contributed by atoms with Crippen molar-refractivity contribution in [1.29, 1.82) is 0 Å². The summed E-state index contributed by atoms with van der Waals surface area (Å²) in [5.41, 5.74) is 4.73. The van der Waals surface area contributed by atoms with Crippen LogP contribution in [0.3, 0.4) is 0 Å². The normalized spacial score (nSPS) is 10.4. The molecule has 0 aliphatic heterocycles. The van der Waals surface area contributed by atoms with Crippen LogP contribution in [0.4, 0.5) is 0 Å². The van der Waals surface area contributed by atoms with E-state index in [2.05, 4.69) is 4.98 Å². The second-order valence-electron chi connectivity index (χ2n) is 6.98. The first-order chi connectivity index (χ1) is 15.5. The van der Waals surface area contributed by atoms with Crippen molar-refractivity contribution in [2.45, 2.75) is 13.3 Å². The molecule has 3 aromatic rings. The maximum atomic E-state index is 12.4. The third-order valence-corrected chi connectivity index (χ3v) is 5.40. The number of carbonyl (C=O) groups is 1. The molecule has 0 aliphatic carbocycles. The van der Waals surface area contributed by atoms with E-state index in [1.165, 1.54) is 7.11 Å². The SMILES string of the molecule is COC(=O)c1ccccc1-c1cnccc1Cc1c(C)c(OC)c(OC)c(OC)c1OC. The lowest BCUT2D eigenvalue weighted by Crippen LogP contribution is -2.07. The molecule has 0 atom stereocenters. The van der Waals surface area contributed by atoms with Gasteiger partial charge in [-0.15, -0.1) is 0 Å². The molecule has 7 nitrogen and oxygen atoms in total. The van der Waals surface area contributed by atoms with Gasteiger partial charge in [-0.2, -0.15) is 0 Å². The average molecular weight is 437 g/mol. The van der Waals surface area contributed by atoms with Crippen molar-refractivity contribution in [2.75, 3.05) is 35.5 Å². The molecule has 0 fully saturated rings. The van der Waals surface area contributed by atoms with E-state index in [0.29, 0.717) is 35.0 Å². The van der Waals surface area contributed by atoms with Crippen LogP contribution in [-0.4, -0.2) is 46.5 Å². The van der Waals surface area contributed by atoms with E-state index in [1.54, 1.807) is 53.0 Å². The molecule has 2 aromatic carbocycles. The lowest BCUT2D eigenvalue weighted by atomic mass is 9.91. The molecule has 7 heteroatoms. The van der Waals surface area contributed by atoms with Gasteiger partial charge in [-0.3, -0.25) is 4.98 Å². The summed E-state index contributed by atoms with van der Waals surface area (Å²) in [5.74, 6) is 1.66. The molecule has 0 unspecified atom stereocenters. The van der Waals surface area contributed by atoms with Gasteiger partial charge in [0.05, 0.1) is 41.1 Å². The van der Waals surface area contributed by atoms with Crippen LogP contribution in [0.5, 0.6) is 23.0 Å². The molecule has 0 bridgehead atoms. The molecular weight excluding hydrogens is 410 g/mol. The Morgan fingerprint density at radius 1 is 0.812 bits per heavy atom. The van der Waals surface area contributed by atoms with Crippen molar-refractivity contribution < 1.29 is 28.5 Å². The topological polar surface area (TPSA) is 76.1 Å². The number of ether oxygens (including phenoxy) is 5. The molecule has 0 saturated carbocycles. The van der Waals surface area contributed by atoms with Crippen LogP contribution in [-0.2, 0) is 11.2 Å². The number of rotatable bonds is 8. The summed E-state index contributed by atoms with van der Waals surface area (Å²) >= 11 is 0. The zero-order chi connectivity index (χ0) is 23.3. The first kappa shape index (κ1) is 22.9. The smallest absolute Gasteiger partial charge is 0.338 e. The molecule has 0 radical (unpaired) electrons. The molecule has 168 valence electrons. The minimum absolute atomic E-state index is 0.406. The van der Waals surface area contributed by atoms with Crippen LogP contribution < -0.4 is 18.9 Å². The Morgan fingerprint density at radius 3 is 2.06 bits per heavy atom. The summed E-state index contributed by atoms with van der Waals surface area (Å²) < 4.78 is 27.5. The van der Waals surface area contributed by atoms with Crippen LogP contribution in [0.1, 0.15) is 27.0 Å². The Hall–Kier alpha value is -3.74. The maximum absolute atomic E-state index is 12.4. The number of pyridine rings is 1. The Kier molecular flexibility index (Phi) is 7.20. The molecule has 1 heterocycles. The highest BCUT2D eigenvalue weighted by atomic mass is 16.5. The zero-order valence-corrected chi connectivity index (χ0v) is 19.1. The van der Waals surface area contributed by atoms with E-state index in [1.807, 2.05) is 25.1 Å². The quantitative estimate of drug-likeness (QED) is 0.481. The summed E-state index contributed by atoms with van der Waals surface area (Å²) in [6.45, 7) is 1.95. The Labute approximate surface area is 187 Å². The van der Waals surface area contributed by atoms with E-state index in [9.17, 15) is 4.79 Å². The monoisotopic (exact) mass is 437 g/mol. The largest absolute Gasteiger partial charge is 0.492 e. The average Bonchev–Trinajstić information content (AvgIpc) is 2.84. The number of methoxy groups -OCH3 is 5. The number of benzene rings is 2. The fourth-order valence-corrected chi connectivity index (χ4v) is 3.88. The molecule has 32 heavy (non-hydrogen) atoms. The van der Waals surface area contributed by atoms with Gasteiger partial charge in [-0.25, -0.2) is 4.79 Å². The Bertz CT molecular complexity index is 1130. The molecule has 3 rings (SSSR count). The third-order valence-electron chi connectivity index (χ3n) is 5.40. The van der Waals surface area contributed by atoms with Gasteiger partial charge in [0.2, 0.25) is 11.5 Å². The number of carbonyl (C=O) groups excluding carboxylic acids is 1. The minimum atomic E-state index is -0.406. The Balaban J connectivity index is 2.22. The number of aromatic nitrogens is 1. The highest BCUT2D eigenvalue weighted by Crippen LogP contribution is 2.50. The van der Waals surface area contributed by atoms with Crippen LogP contribution >= 0.6 is 0 Å². The summed E-state index contributed by atoms with van der Waals surface area (Å²) in [7, 11) is 7.66. The first-order valence-electron chi connectivity index (χ1n) is 9.98. The van der Waals surface area contributed by atoms with E-state index >= 15 is 0 Å². The molecule has 0 spiro atoms. The molecule has 1 aromatic heterocycles. The van der Waals surface area contributed by atoms with Gasteiger partial charge in [-0.1, -0.05) is 18.2 Å². The van der Waals surface area contributed by atoms with Crippen molar-refractivity contribution in [2.24, 2.45) is 0 Å². The van der Waals surface area contributed by atoms with Crippen LogP contribution in [0.15, 0.2) is 42.7 Å². The number of esters is 1. The fourth-order valence-electron chi connectivity index (χ4n) is 3.88. The van der Waals surface area contributed by atoms with Crippen molar-refractivity contribution in [3.8, 4) is 34.1 Å². The van der Waals surface area contributed by atoms with Gasteiger partial charge in [-0.05, 0) is 30.2 Å². The highest BCUT2D eigenvalue weighted by Gasteiger charge is 2.26. The zero-order valence-electron chi connectivity index (χ0n) is 19.1. The summed E-state index contributed by atoms with van der Waals surface area (Å²) in [6, 6.07) is 9.22. The van der Waals surface area contributed by atoms with Gasteiger partial charge in [0, 0.05) is 35.5 Å². The predicted octanol–water partition coefficient (Wildman–Crippen LogP) is 4.47. The van der Waals surface area contributed by atoms with Crippen molar-refractivity contribution in [3.63, 3.8) is 0 Å². The standard InChI is InChI=1S/C25H27NO6/c1-15-19(22(29-3)24(31-5)23(30-4)21(15)28-2)13-16-11-12-26-14-20(16)17-9-7-8-10-18(17)25(27)32-6/h7-12,14H,13H2,1-6H3. The summed E-state index contributed by atoms with van der Waals surface area (Å²) in [6.07, 6.45) is 3.95. The number of hydrogen-bond donors (Lipinski definition) is 0. The van der Waals surface area contributed by atoms with E-state index in [0.717, 1.165) is 27.8 Å². The van der Waals surface area contributed by atoms with Gasteiger partial charge >= 0.3 is 5.97 Å². The molecule has 0 saturated heterocycles. The van der Waals surface area contributed by atoms with Crippen molar-refractivity contribution in [1.82, 2.24) is 4.98 Å². The second-order valence-corrected chi connectivity index (χ2v) is 6.98. The van der Waals surface area contributed by atoms with E-state index in [4.69, 9.17) is 23.7 Å². The lowest BCUT2D eigenvalue weighted by molar-refractivity contribution is 0.0601. The Morgan fingerprint density at radius 2 is 1.44 bits per heavy atom. The van der Waals surface area contributed by atoms with Gasteiger partial charge in [0.15, 0.2) is 11.5 Å². The van der Waals surface area contributed by atoms with Crippen LogP contribution in [0.2, 0.25) is 0 Å². The number of hydrogen-bond acceptors (Lipinski definition) is 7. The second kappa shape index (κ2) is 10.0. The number of nitrogens with zero attached hydrogens (tertiary/aromatic N) is 1. The van der Waals surface area contributed by atoms with Crippen LogP contribution in [0.25, 0.3) is 11.1 Å².